The SMILES string of the molecule is CCCCCC(=O)Nc1ccc(OCCOC)cc1. The minimum absolute atomic E-state index is 0.0708. The van der Waals surface area contributed by atoms with Crippen LogP contribution in [0.3, 0.4) is 0 Å². The summed E-state index contributed by atoms with van der Waals surface area (Å²) in [7, 11) is 1.64. The van der Waals surface area contributed by atoms with Gasteiger partial charge in [-0.05, 0) is 30.7 Å². The van der Waals surface area contributed by atoms with Gasteiger partial charge in [0.05, 0.1) is 6.61 Å². The molecule has 0 aliphatic rings. The fourth-order valence-electron chi connectivity index (χ4n) is 1.64. The highest BCUT2D eigenvalue weighted by atomic mass is 16.5. The van der Waals surface area contributed by atoms with Crippen molar-refractivity contribution in [2.24, 2.45) is 0 Å². The molecule has 0 unspecified atom stereocenters. The molecular weight excluding hydrogens is 242 g/mol. The predicted octanol–water partition coefficient (Wildman–Crippen LogP) is 3.23. The quantitative estimate of drug-likeness (QED) is 0.697. The third-order valence-corrected chi connectivity index (χ3v) is 2.70. The number of ether oxygens (including phenoxy) is 2. The van der Waals surface area contributed by atoms with Crippen LogP contribution in [0.5, 0.6) is 5.75 Å². The van der Waals surface area contributed by atoms with Gasteiger partial charge in [0.1, 0.15) is 12.4 Å². The Hall–Kier alpha value is -1.55. The number of unbranched alkanes of at least 4 members (excludes halogenated alkanes) is 2. The maximum absolute atomic E-state index is 11.6. The maximum Gasteiger partial charge on any atom is 0.224 e. The molecule has 19 heavy (non-hydrogen) atoms. The number of amides is 1. The fourth-order valence-corrected chi connectivity index (χ4v) is 1.64. The van der Waals surface area contributed by atoms with E-state index in [-0.39, 0.29) is 5.91 Å². The summed E-state index contributed by atoms with van der Waals surface area (Å²) in [6.45, 7) is 3.22. The summed E-state index contributed by atoms with van der Waals surface area (Å²) in [6, 6.07) is 7.38. The smallest absolute Gasteiger partial charge is 0.224 e. The van der Waals surface area contributed by atoms with Crippen molar-refractivity contribution in [1.82, 2.24) is 0 Å². The van der Waals surface area contributed by atoms with E-state index in [2.05, 4.69) is 12.2 Å². The lowest BCUT2D eigenvalue weighted by Gasteiger charge is -2.08. The van der Waals surface area contributed by atoms with E-state index in [0.717, 1.165) is 30.7 Å². The second-order valence-electron chi connectivity index (χ2n) is 4.37. The number of nitrogens with one attached hydrogen (secondary N) is 1. The average molecular weight is 265 g/mol. The highest BCUT2D eigenvalue weighted by Gasteiger charge is 2.02. The zero-order chi connectivity index (χ0) is 13.9. The number of hydrogen-bond donors (Lipinski definition) is 1. The van der Waals surface area contributed by atoms with Crippen molar-refractivity contribution in [1.29, 1.82) is 0 Å². The zero-order valence-corrected chi connectivity index (χ0v) is 11.8. The van der Waals surface area contributed by atoms with Crippen LogP contribution in [-0.2, 0) is 9.53 Å². The molecule has 4 nitrogen and oxygen atoms in total. The van der Waals surface area contributed by atoms with Gasteiger partial charge in [0.15, 0.2) is 0 Å². The molecule has 0 aliphatic carbocycles. The highest BCUT2D eigenvalue weighted by molar-refractivity contribution is 5.90. The van der Waals surface area contributed by atoms with Crippen molar-refractivity contribution < 1.29 is 14.3 Å². The molecule has 1 aromatic rings. The zero-order valence-electron chi connectivity index (χ0n) is 11.8. The van der Waals surface area contributed by atoms with E-state index in [0.29, 0.717) is 19.6 Å². The van der Waals surface area contributed by atoms with Gasteiger partial charge < -0.3 is 14.8 Å². The van der Waals surface area contributed by atoms with E-state index in [1.807, 2.05) is 24.3 Å². The van der Waals surface area contributed by atoms with Crippen LogP contribution >= 0.6 is 0 Å². The van der Waals surface area contributed by atoms with Gasteiger partial charge in [-0.25, -0.2) is 0 Å². The number of carbonyl (C=O) groups is 1. The van der Waals surface area contributed by atoms with Gasteiger partial charge >= 0.3 is 0 Å². The summed E-state index contributed by atoms with van der Waals surface area (Å²) < 4.78 is 10.4. The van der Waals surface area contributed by atoms with Crippen LogP contribution in [0.1, 0.15) is 32.6 Å². The first-order valence-electron chi connectivity index (χ1n) is 6.78. The molecule has 0 atom stereocenters. The van der Waals surface area contributed by atoms with Gasteiger partial charge in [0, 0.05) is 19.2 Å². The number of hydrogen-bond acceptors (Lipinski definition) is 3. The maximum atomic E-state index is 11.6. The summed E-state index contributed by atoms with van der Waals surface area (Å²) >= 11 is 0. The topological polar surface area (TPSA) is 47.6 Å². The first-order chi connectivity index (χ1) is 9.26. The molecule has 0 fully saturated rings. The van der Waals surface area contributed by atoms with Crippen LogP contribution in [0.4, 0.5) is 5.69 Å². The summed E-state index contributed by atoms with van der Waals surface area (Å²) in [5, 5.41) is 2.88. The molecular formula is C15H23NO3. The fraction of sp³-hybridized carbons (Fsp3) is 0.533. The van der Waals surface area contributed by atoms with E-state index < -0.39 is 0 Å². The largest absolute Gasteiger partial charge is 0.491 e. The van der Waals surface area contributed by atoms with Crippen LogP contribution in [0.15, 0.2) is 24.3 Å². The van der Waals surface area contributed by atoms with Crippen LogP contribution in [-0.4, -0.2) is 26.2 Å². The van der Waals surface area contributed by atoms with Gasteiger partial charge in [-0.15, -0.1) is 0 Å². The molecule has 1 N–H and O–H groups in total. The molecule has 0 aromatic heterocycles. The van der Waals surface area contributed by atoms with Crippen molar-refractivity contribution in [3.8, 4) is 5.75 Å². The molecule has 0 aliphatic heterocycles. The lowest BCUT2D eigenvalue weighted by Crippen LogP contribution is -2.11. The monoisotopic (exact) mass is 265 g/mol. The van der Waals surface area contributed by atoms with Crippen molar-refractivity contribution in [3.05, 3.63) is 24.3 Å². The molecule has 1 aromatic carbocycles. The van der Waals surface area contributed by atoms with Crippen molar-refractivity contribution in [2.75, 3.05) is 25.6 Å². The van der Waals surface area contributed by atoms with Crippen molar-refractivity contribution >= 4 is 11.6 Å². The van der Waals surface area contributed by atoms with Crippen molar-refractivity contribution in [3.63, 3.8) is 0 Å². The third-order valence-electron chi connectivity index (χ3n) is 2.70. The van der Waals surface area contributed by atoms with Crippen LogP contribution < -0.4 is 10.1 Å². The Kier molecular flexibility index (Phi) is 7.66. The third kappa shape index (κ3) is 6.82. The van der Waals surface area contributed by atoms with E-state index >= 15 is 0 Å². The number of benzene rings is 1. The number of anilines is 1. The molecule has 0 saturated carbocycles. The van der Waals surface area contributed by atoms with Crippen molar-refractivity contribution in [2.45, 2.75) is 32.6 Å². The second kappa shape index (κ2) is 9.39. The average Bonchev–Trinajstić information content (AvgIpc) is 2.41. The van der Waals surface area contributed by atoms with Gasteiger partial charge in [-0.1, -0.05) is 19.8 Å². The lowest BCUT2D eigenvalue weighted by atomic mass is 10.2. The minimum atomic E-state index is 0.0708. The number of methoxy groups -OCH3 is 1. The van der Waals surface area contributed by atoms with E-state index in [1.54, 1.807) is 7.11 Å². The number of carbonyl (C=O) groups excluding carboxylic acids is 1. The number of rotatable bonds is 9. The van der Waals surface area contributed by atoms with E-state index in [9.17, 15) is 4.79 Å². The van der Waals surface area contributed by atoms with E-state index in [4.69, 9.17) is 9.47 Å². The normalized spacial score (nSPS) is 10.2. The first kappa shape index (κ1) is 15.5. The summed E-state index contributed by atoms with van der Waals surface area (Å²) in [5.41, 5.74) is 0.806. The molecule has 4 heteroatoms. The molecule has 106 valence electrons. The summed E-state index contributed by atoms with van der Waals surface area (Å²) in [6.07, 6.45) is 3.75. The summed E-state index contributed by atoms with van der Waals surface area (Å²) in [5.74, 6) is 0.850. The molecule has 1 rings (SSSR count). The van der Waals surface area contributed by atoms with Gasteiger partial charge in [-0.3, -0.25) is 4.79 Å². The van der Waals surface area contributed by atoms with Crippen LogP contribution in [0.2, 0.25) is 0 Å². The molecule has 1 amide bonds. The lowest BCUT2D eigenvalue weighted by molar-refractivity contribution is -0.116. The second-order valence-corrected chi connectivity index (χ2v) is 4.37. The Bertz CT molecular complexity index is 362. The molecule has 0 saturated heterocycles. The highest BCUT2D eigenvalue weighted by Crippen LogP contribution is 2.16. The predicted molar refractivity (Wildman–Crippen MR) is 76.6 cm³/mol. The van der Waals surface area contributed by atoms with Gasteiger partial charge in [0.2, 0.25) is 5.91 Å². The molecule has 0 spiro atoms. The van der Waals surface area contributed by atoms with Crippen LogP contribution in [0.25, 0.3) is 0 Å². The van der Waals surface area contributed by atoms with Gasteiger partial charge in [0.25, 0.3) is 0 Å². The van der Waals surface area contributed by atoms with Gasteiger partial charge in [-0.2, -0.15) is 0 Å². The Morgan fingerprint density at radius 2 is 1.89 bits per heavy atom. The minimum Gasteiger partial charge on any atom is -0.491 e. The molecule has 0 heterocycles. The first-order valence-corrected chi connectivity index (χ1v) is 6.78. The van der Waals surface area contributed by atoms with E-state index in [1.165, 1.54) is 0 Å². The standard InChI is InChI=1S/C15H23NO3/c1-3-4-5-6-15(17)16-13-7-9-14(10-8-13)19-12-11-18-2/h7-10H,3-6,11-12H2,1-2H3,(H,16,17). The Morgan fingerprint density at radius 3 is 2.53 bits per heavy atom. The Morgan fingerprint density at radius 1 is 1.16 bits per heavy atom. The molecule has 0 radical (unpaired) electrons. The molecule has 0 bridgehead atoms. The van der Waals surface area contributed by atoms with Crippen LogP contribution in [0, 0.1) is 0 Å². The Balaban J connectivity index is 2.32. The Labute approximate surface area is 115 Å². The summed E-state index contributed by atoms with van der Waals surface area (Å²) in [4.78, 5) is 11.6.